The van der Waals surface area contributed by atoms with Crippen LogP contribution in [0.1, 0.15) is 12.5 Å². The SMILES string of the molecule is CCNC(=O)[C@@H]1Cc2cc([N+](=O)[O-])ccc2N2CCN(c3ccccc3Cl)C[C@@H]12. The van der Waals surface area contributed by atoms with E-state index in [1.807, 2.05) is 37.3 Å². The van der Waals surface area contributed by atoms with Crippen molar-refractivity contribution in [3.05, 3.63) is 63.2 Å². The van der Waals surface area contributed by atoms with Crippen LogP contribution in [0.5, 0.6) is 0 Å². The molecule has 0 spiro atoms. The fourth-order valence-electron chi connectivity index (χ4n) is 4.46. The zero-order chi connectivity index (χ0) is 20.5. The van der Waals surface area contributed by atoms with E-state index in [-0.39, 0.29) is 28.5 Å². The predicted molar refractivity (Wildman–Crippen MR) is 114 cm³/mol. The molecule has 152 valence electrons. The Balaban J connectivity index is 1.70. The van der Waals surface area contributed by atoms with Gasteiger partial charge in [-0.2, -0.15) is 0 Å². The number of nitro groups is 1. The van der Waals surface area contributed by atoms with E-state index in [2.05, 4.69) is 15.1 Å². The highest BCUT2D eigenvalue weighted by Crippen LogP contribution is 2.39. The van der Waals surface area contributed by atoms with E-state index in [4.69, 9.17) is 11.6 Å². The standard InChI is InChI=1S/C21H23ClN4O3/c1-2-23-21(27)16-12-14-11-15(26(28)29)7-8-18(14)25-10-9-24(13-20(16)25)19-6-4-3-5-17(19)22/h3-8,11,16,20H,2,9-10,12-13H2,1H3,(H,23,27)/t16-,20+/m1/s1. The monoisotopic (exact) mass is 414 g/mol. The van der Waals surface area contributed by atoms with Crippen molar-refractivity contribution in [2.45, 2.75) is 19.4 Å². The van der Waals surface area contributed by atoms with E-state index in [1.54, 1.807) is 12.1 Å². The van der Waals surface area contributed by atoms with Crippen molar-refractivity contribution in [1.82, 2.24) is 5.32 Å². The summed E-state index contributed by atoms with van der Waals surface area (Å²) in [4.78, 5) is 28.2. The second-order valence-corrected chi connectivity index (χ2v) is 7.84. The van der Waals surface area contributed by atoms with Crippen LogP contribution in [0.4, 0.5) is 17.1 Å². The van der Waals surface area contributed by atoms with Crippen LogP contribution in [0.25, 0.3) is 0 Å². The zero-order valence-electron chi connectivity index (χ0n) is 16.2. The number of fused-ring (bicyclic) bond motifs is 3. The first-order chi connectivity index (χ1) is 14.0. The van der Waals surface area contributed by atoms with Crippen LogP contribution >= 0.6 is 11.6 Å². The van der Waals surface area contributed by atoms with Gasteiger partial charge in [-0.15, -0.1) is 0 Å². The number of carbonyl (C=O) groups is 1. The van der Waals surface area contributed by atoms with Gasteiger partial charge in [-0.25, -0.2) is 0 Å². The summed E-state index contributed by atoms with van der Waals surface area (Å²) in [7, 11) is 0. The van der Waals surface area contributed by atoms with Crippen LogP contribution in [0.2, 0.25) is 5.02 Å². The summed E-state index contributed by atoms with van der Waals surface area (Å²) in [6, 6.07) is 12.7. The summed E-state index contributed by atoms with van der Waals surface area (Å²) in [6.45, 7) is 4.60. The smallest absolute Gasteiger partial charge is 0.269 e. The third-order valence-corrected chi connectivity index (χ3v) is 6.11. The number of benzene rings is 2. The lowest BCUT2D eigenvalue weighted by molar-refractivity contribution is -0.384. The number of nitrogens with one attached hydrogen (secondary N) is 1. The number of hydrogen-bond donors (Lipinski definition) is 1. The van der Waals surface area contributed by atoms with Gasteiger partial charge in [0.2, 0.25) is 5.91 Å². The van der Waals surface area contributed by atoms with Gasteiger partial charge in [0.25, 0.3) is 5.69 Å². The molecule has 0 bridgehead atoms. The van der Waals surface area contributed by atoms with E-state index >= 15 is 0 Å². The Morgan fingerprint density at radius 1 is 1.24 bits per heavy atom. The van der Waals surface area contributed by atoms with E-state index in [0.29, 0.717) is 24.5 Å². The average molecular weight is 415 g/mol. The Labute approximate surface area is 174 Å². The molecule has 0 unspecified atom stereocenters. The van der Waals surface area contributed by atoms with Crippen molar-refractivity contribution < 1.29 is 9.72 Å². The predicted octanol–water partition coefficient (Wildman–Crippen LogP) is 3.25. The molecule has 0 aromatic heterocycles. The maximum atomic E-state index is 12.9. The number of nitro benzene ring substituents is 1. The molecular formula is C21H23ClN4O3. The van der Waals surface area contributed by atoms with Crippen molar-refractivity contribution >= 4 is 34.6 Å². The molecule has 1 fully saturated rings. The lowest BCUT2D eigenvalue weighted by Crippen LogP contribution is -2.61. The molecule has 1 N–H and O–H groups in total. The van der Waals surface area contributed by atoms with Gasteiger partial charge in [0.15, 0.2) is 0 Å². The summed E-state index contributed by atoms with van der Waals surface area (Å²) in [6.07, 6.45) is 0.486. The zero-order valence-corrected chi connectivity index (χ0v) is 16.9. The number of anilines is 2. The largest absolute Gasteiger partial charge is 0.366 e. The number of amides is 1. The van der Waals surface area contributed by atoms with Gasteiger partial charge in [-0.05, 0) is 37.1 Å². The number of non-ortho nitro benzene ring substituents is 1. The minimum absolute atomic E-state index is 0.0133. The fourth-order valence-corrected chi connectivity index (χ4v) is 4.71. The molecule has 7 nitrogen and oxygen atoms in total. The van der Waals surface area contributed by atoms with Crippen LogP contribution in [0.3, 0.4) is 0 Å². The first-order valence-electron chi connectivity index (χ1n) is 9.80. The van der Waals surface area contributed by atoms with Crippen molar-refractivity contribution in [2.24, 2.45) is 5.92 Å². The molecular weight excluding hydrogens is 392 g/mol. The normalized spacial score (nSPS) is 20.6. The summed E-state index contributed by atoms with van der Waals surface area (Å²) in [5.41, 5.74) is 2.88. The summed E-state index contributed by atoms with van der Waals surface area (Å²) < 4.78 is 0. The number of halogens is 1. The molecule has 1 amide bonds. The molecule has 2 heterocycles. The Kier molecular flexibility index (Phi) is 5.32. The number of hydrogen-bond acceptors (Lipinski definition) is 5. The minimum Gasteiger partial charge on any atom is -0.366 e. The second-order valence-electron chi connectivity index (χ2n) is 7.43. The van der Waals surface area contributed by atoms with Crippen LogP contribution in [0.15, 0.2) is 42.5 Å². The van der Waals surface area contributed by atoms with Crippen LogP contribution < -0.4 is 15.1 Å². The van der Waals surface area contributed by atoms with E-state index < -0.39 is 0 Å². The lowest BCUT2D eigenvalue weighted by atomic mass is 9.83. The van der Waals surface area contributed by atoms with Gasteiger partial charge in [-0.1, -0.05) is 23.7 Å². The summed E-state index contributed by atoms with van der Waals surface area (Å²) in [5.74, 6) is -0.296. The maximum absolute atomic E-state index is 12.9. The number of para-hydroxylation sites is 1. The molecule has 2 aromatic carbocycles. The van der Waals surface area contributed by atoms with Crippen LogP contribution in [-0.4, -0.2) is 43.1 Å². The van der Waals surface area contributed by atoms with Gasteiger partial charge in [0.1, 0.15) is 0 Å². The van der Waals surface area contributed by atoms with Gasteiger partial charge in [-0.3, -0.25) is 14.9 Å². The number of nitrogens with zero attached hydrogens (tertiary/aromatic N) is 3. The topological polar surface area (TPSA) is 78.7 Å². The molecule has 0 radical (unpaired) electrons. The molecule has 29 heavy (non-hydrogen) atoms. The van der Waals surface area contributed by atoms with Crippen LogP contribution in [0, 0.1) is 16.0 Å². The van der Waals surface area contributed by atoms with Crippen molar-refractivity contribution in [2.75, 3.05) is 36.0 Å². The van der Waals surface area contributed by atoms with E-state index in [1.165, 1.54) is 0 Å². The molecule has 4 rings (SSSR count). The average Bonchev–Trinajstić information content (AvgIpc) is 2.72. The minimum atomic E-state index is -0.386. The highest BCUT2D eigenvalue weighted by Gasteiger charge is 2.42. The van der Waals surface area contributed by atoms with Crippen LogP contribution in [-0.2, 0) is 11.2 Å². The number of carbonyl (C=O) groups excluding carboxylic acids is 1. The third-order valence-electron chi connectivity index (χ3n) is 5.79. The van der Waals surface area contributed by atoms with Gasteiger partial charge in [0, 0.05) is 44.0 Å². The molecule has 1 saturated heterocycles. The first-order valence-corrected chi connectivity index (χ1v) is 10.2. The molecule has 0 saturated carbocycles. The van der Waals surface area contributed by atoms with Crippen molar-refractivity contribution in [3.63, 3.8) is 0 Å². The second kappa shape index (κ2) is 7.91. The van der Waals surface area contributed by atoms with E-state index in [0.717, 1.165) is 30.0 Å². The molecule has 8 heteroatoms. The molecule has 0 aliphatic carbocycles. The van der Waals surface area contributed by atoms with Crippen molar-refractivity contribution in [3.8, 4) is 0 Å². The molecule has 2 aliphatic rings. The highest BCUT2D eigenvalue weighted by atomic mass is 35.5. The molecule has 2 atom stereocenters. The quantitative estimate of drug-likeness (QED) is 0.613. The summed E-state index contributed by atoms with van der Waals surface area (Å²) in [5, 5.41) is 14.8. The third kappa shape index (κ3) is 3.62. The van der Waals surface area contributed by atoms with Crippen molar-refractivity contribution in [1.29, 1.82) is 0 Å². The summed E-state index contributed by atoms with van der Waals surface area (Å²) >= 11 is 6.41. The Bertz CT molecular complexity index is 951. The fraction of sp³-hybridized carbons (Fsp3) is 0.381. The molecule has 2 aliphatic heterocycles. The van der Waals surface area contributed by atoms with Gasteiger partial charge >= 0.3 is 0 Å². The number of rotatable bonds is 4. The Hall–Kier alpha value is -2.80. The maximum Gasteiger partial charge on any atom is 0.269 e. The molecule has 2 aromatic rings. The van der Waals surface area contributed by atoms with E-state index in [9.17, 15) is 14.9 Å². The first kappa shape index (κ1) is 19.5. The van der Waals surface area contributed by atoms with Gasteiger partial charge in [0.05, 0.1) is 27.6 Å². The number of piperazine rings is 1. The Morgan fingerprint density at radius 2 is 2.03 bits per heavy atom. The van der Waals surface area contributed by atoms with Gasteiger partial charge < -0.3 is 15.1 Å². The highest BCUT2D eigenvalue weighted by molar-refractivity contribution is 6.33. The lowest BCUT2D eigenvalue weighted by Gasteiger charge is -2.49. The Morgan fingerprint density at radius 3 is 2.76 bits per heavy atom.